The van der Waals surface area contributed by atoms with Crippen molar-refractivity contribution >= 4 is 40.7 Å². The zero-order valence-electron chi connectivity index (χ0n) is 9.95. The molecular formula is C12H8ClN3O3S. The maximum Gasteiger partial charge on any atom is 0.288 e. The van der Waals surface area contributed by atoms with E-state index >= 15 is 0 Å². The van der Waals surface area contributed by atoms with E-state index in [4.69, 9.17) is 11.6 Å². The topological polar surface area (TPSA) is 84.6 Å². The van der Waals surface area contributed by atoms with E-state index in [2.05, 4.69) is 10.5 Å². The lowest BCUT2D eigenvalue weighted by molar-refractivity contribution is -0.384. The summed E-state index contributed by atoms with van der Waals surface area (Å²) in [5, 5.41) is 16.3. The minimum atomic E-state index is -0.579. The second-order valence-corrected chi connectivity index (χ2v) is 5.00. The number of amides is 1. The molecule has 0 unspecified atom stereocenters. The van der Waals surface area contributed by atoms with Crippen LogP contribution in [0.5, 0.6) is 0 Å². The van der Waals surface area contributed by atoms with E-state index in [9.17, 15) is 14.9 Å². The van der Waals surface area contributed by atoms with Crippen molar-refractivity contribution < 1.29 is 9.72 Å². The molecule has 1 amide bonds. The van der Waals surface area contributed by atoms with Crippen LogP contribution in [0.2, 0.25) is 5.02 Å². The monoisotopic (exact) mass is 309 g/mol. The minimum absolute atomic E-state index is 0.0507. The molecule has 1 aromatic heterocycles. The second-order valence-electron chi connectivity index (χ2n) is 3.64. The van der Waals surface area contributed by atoms with Crippen molar-refractivity contribution in [1.29, 1.82) is 0 Å². The molecule has 0 radical (unpaired) electrons. The summed E-state index contributed by atoms with van der Waals surface area (Å²) in [6, 6.07) is 7.68. The van der Waals surface area contributed by atoms with E-state index in [1.54, 1.807) is 23.6 Å². The van der Waals surface area contributed by atoms with Gasteiger partial charge in [-0.1, -0.05) is 23.7 Å². The number of nitrogens with one attached hydrogen (secondary N) is 1. The summed E-state index contributed by atoms with van der Waals surface area (Å²) in [7, 11) is 0. The maximum atomic E-state index is 11.6. The van der Waals surface area contributed by atoms with Gasteiger partial charge in [-0.3, -0.25) is 14.9 Å². The summed E-state index contributed by atoms with van der Waals surface area (Å²) >= 11 is 6.98. The van der Waals surface area contributed by atoms with Crippen LogP contribution in [0.4, 0.5) is 5.69 Å². The van der Waals surface area contributed by atoms with Crippen molar-refractivity contribution in [1.82, 2.24) is 5.43 Å². The number of nitrogens with zero attached hydrogens (tertiary/aromatic N) is 2. The molecule has 2 rings (SSSR count). The molecule has 0 spiro atoms. The van der Waals surface area contributed by atoms with Gasteiger partial charge in [0.15, 0.2) is 0 Å². The Kier molecular flexibility index (Phi) is 4.44. The van der Waals surface area contributed by atoms with Gasteiger partial charge in [-0.15, -0.1) is 11.3 Å². The first-order valence-electron chi connectivity index (χ1n) is 5.39. The molecular weight excluding hydrogens is 302 g/mol. The zero-order valence-corrected chi connectivity index (χ0v) is 11.5. The van der Waals surface area contributed by atoms with Crippen molar-refractivity contribution in [2.75, 3.05) is 0 Å². The first-order valence-corrected chi connectivity index (χ1v) is 6.64. The molecule has 0 saturated heterocycles. The first-order chi connectivity index (χ1) is 9.58. The van der Waals surface area contributed by atoms with E-state index in [0.717, 1.165) is 0 Å². The molecule has 8 heteroatoms. The Morgan fingerprint density at radius 3 is 2.90 bits per heavy atom. The van der Waals surface area contributed by atoms with E-state index in [-0.39, 0.29) is 16.6 Å². The normalized spacial score (nSPS) is 10.7. The van der Waals surface area contributed by atoms with Gasteiger partial charge < -0.3 is 0 Å². The van der Waals surface area contributed by atoms with Crippen molar-refractivity contribution in [2.24, 2.45) is 5.10 Å². The lowest BCUT2D eigenvalue weighted by Gasteiger charge is -1.98. The van der Waals surface area contributed by atoms with Gasteiger partial charge >= 0.3 is 0 Å². The molecule has 0 aliphatic heterocycles. The highest BCUT2D eigenvalue weighted by atomic mass is 35.5. The van der Waals surface area contributed by atoms with Gasteiger partial charge in [-0.2, -0.15) is 5.10 Å². The summed E-state index contributed by atoms with van der Waals surface area (Å²) in [6.45, 7) is 0. The van der Waals surface area contributed by atoms with Crippen LogP contribution in [0.15, 0.2) is 40.8 Å². The molecule has 1 aromatic carbocycles. The molecule has 2 aromatic rings. The first kappa shape index (κ1) is 14.2. The van der Waals surface area contributed by atoms with Crippen molar-refractivity contribution in [2.45, 2.75) is 0 Å². The Morgan fingerprint density at radius 1 is 1.45 bits per heavy atom. The molecule has 102 valence electrons. The van der Waals surface area contributed by atoms with Crippen molar-refractivity contribution in [3.63, 3.8) is 0 Å². The van der Waals surface area contributed by atoms with E-state index < -0.39 is 4.92 Å². The molecule has 0 atom stereocenters. The van der Waals surface area contributed by atoms with Crippen LogP contribution in [0.1, 0.15) is 15.2 Å². The highest BCUT2D eigenvalue weighted by Gasteiger charge is 2.11. The minimum Gasteiger partial charge on any atom is -0.266 e. The number of halogens is 1. The van der Waals surface area contributed by atoms with Crippen LogP contribution in [-0.2, 0) is 0 Å². The van der Waals surface area contributed by atoms with Gasteiger partial charge in [-0.05, 0) is 17.5 Å². The standard InChI is InChI=1S/C12H8ClN3O3S/c13-9-4-3-8(6-10(9)16(18)19)7-14-15-12(17)11-2-1-5-20-11/h1-7H,(H,15,17)/b14-7-. The predicted molar refractivity (Wildman–Crippen MR) is 77.5 cm³/mol. The molecule has 20 heavy (non-hydrogen) atoms. The molecule has 6 nitrogen and oxygen atoms in total. The van der Waals surface area contributed by atoms with Crippen LogP contribution in [0, 0.1) is 10.1 Å². The largest absolute Gasteiger partial charge is 0.288 e. The number of thiophene rings is 1. The lowest BCUT2D eigenvalue weighted by Crippen LogP contribution is -2.16. The molecule has 0 aliphatic rings. The van der Waals surface area contributed by atoms with Crippen LogP contribution in [0.3, 0.4) is 0 Å². The third kappa shape index (κ3) is 3.40. The fourth-order valence-corrected chi connectivity index (χ4v) is 2.18. The van der Waals surface area contributed by atoms with Gasteiger partial charge in [-0.25, -0.2) is 5.43 Å². The number of carbonyl (C=O) groups excluding carboxylic acids is 1. The average Bonchev–Trinajstić information content (AvgIpc) is 2.94. The van der Waals surface area contributed by atoms with Crippen LogP contribution >= 0.6 is 22.9 Å². The van der Waals surface area contributed by atoms with Crippen LogP contribution in [0.25, 0.3) is 0 Å². The third-order valence-electron chi connectivity index (χ3n) is 2.29. The summed E-state index contributed by atoms with van der Waals surface area (Å²) in [5.74, 6) is -0.334. The zero-order chi connectivity index (χ0) is 14.5. The third-order valence-corrected chi connectivity index (χ3v) is 3.48. The maximum absolute atomic E-state index is 11.6. The molecule has 0 bridgehead atoms. The number of benzene rings is 1. The lowest BCUT2D eigenvalue weighted by atomic mass is 10.2. The summed E-state index contributed by atoms with van der Waals surface area (Å²) < 4.78 is 0. The van der Waals surface area contributed by atoms with E-state index in [1.165, 1.54) is 29.7 Å². The quantitative estimate of drug-likeness (QED) is 0.535. The second kappa shape index (κ2) is 6.27. The number of hydrogen-bond donors (Lipinski definition) is 1. The van der Waals surface area contributed by atoms with Crippen LogP contribution in [-0.4, -0.2) is 17.0 Å². The summed E-state index contributed by atoms with van der Waals surface area (Å²) in [6.07, 6.45) is 1.31. The average molecular weight is 310 g/mol. The van der Waals surface area contributed by atoms with Gasteiger partial charge in [0.05, 0.1) is 16.0 Å². The number of nitro groups is 1. The van der Waals surface area contributed by atoms with E-state index in [1.807, 2.05) is 0 Å². The van der Waals surface area contributed by atoms with Crippen molar-refractivity contribution in [3.05, 3.63) is 61.3 Å². The van der Waals surface area contributed by atoms with Gasteiger partial charge in [0, 0.05) is 11.6 Å². The SMILES string of the molecule is O=C(N/N=C\c1ccc(Cl)c([N+](=O)[O-])c1)c1cccs1. The fourth-order valence-electron chi connectivity index (χ4n) is 1.38. The number of rotatable bonds is 4. The Morgan fingerprint density at radius 2 is 2.25 bits per heavy atom. The number of carbonyl (C=O) groups is 1. The summed E-state index contributed by atoms with van der Waals surface area (Å²) in [4.78, 5) is 22.3. The van der Waals surface area contributed by atoms with Crippen molar-refractivity contribution in [3.8, 4) is 0 Å². The highest BCUT2D eigenvalue weighted by molar-refractivity contribution is 7.12. The number of nitro benzene ring substituents is 1. The smallest absolute Gasteiger partial charge is 0.266 e. The molecule has 0 aliphatic carbocycles. The number of hydrazone groups is 1. The molecule has 1 heterocycles. The van der Waals surface area contributed by atoms with E-state index in [0.29, 0.717) is 10.4 Å². The number of hydrogen-bond acceptors (Lipinski definition) is 5. The highest BCUT2D eigenvalue weighted by Crippen LogP contribution is 2.24. The predicted octanol–water partition coefficient (Wildman–Crippen LogP) is 3.07. The fraction of sp³-hybridized carbons (Fsp3) is 0. The Balaban J connectivity index is 2.07. The molecule has 0 fully saturated rings. The van der Waals surface area contributed by atoms with Gasteiger partial charge in [0.2, 0.25) is 0 Å². The Labute approximate surface area is 122 Å². The van der Waals surface area contributed by atoms with Gasteiger partial charge in [0.25, 0.3) is 11.6 Å². The Bertz CT molecular complexity index is 671. The molecule has 0 saturated carbocycles. The van der Waals surface area contributed by atoms with Gasteiger partial charge in [0.1, 0.15) is 5.02 Å². The Hall–Kier alpha value is -2.25. The summed E-state index contributed by atoms with van der Waals surface area (Å²) in [5.41, 5.74) is 2.59. The van der Waals surface area contributed by atoms with Crippen LogP contribution < -0.4 is 5.43 Å². The molecule has 1 N–H and O–H groups in total.